The monoisotopic (exact) mass is 469 g/mol. The topological polar surface area (TPSA) is 57.8 Å². The lowest BCUT2D eigenvalue weighted by Gasteiger charge is -2.09. The highest BCUT2D eigenvalue weighted by molar-refractivity contribution is 9.10. The molecule has 0 atom stereocenters. The van der Waals surface area contributed by atoms with E-state index in [0.717, 1.165) is 26.6 Å². The van der Waals surface area contributed by atoms with Crippen LogP contribution >= 0.6 is 15.9 Å². The van der Waals surface area contributed by atoms with Crippen LogP contribution < -0.4 is 5.32 Å². The highest BCUT2D eigenvalue weighted by Crippen LogP contribution is 2.29. The SMILES string of the molecule is Cc1c(/C=C(/C#N)C(=O)Nc2ccc(Br)cc2)c2ccccc2n1Cc1ccccc1. The normalized spacial score (nSPS) is 11.3. The molecule has 0 bridgehead atoms. The third kappa shape index (κ3) is 4.45. The van der Waals surface area contributed by atoms with Crippen molar-refractivity contribution in [2.24, 2.45) is 0 Å². The van der Waals surface area contributed by atoms with Gasteiger partial charge in [-0.05, 0) is 48.9 Å². The zero-order valence-electron chi connectivity index (χ0n) is 17.0. The van der Waals surface area contributed by atoms with Gasteiger partial charge in [-0.25, -0.2) is 0 Å². The van der Waals surface area contributed by atoms with Crippen molar-refractivity contribution >= 4 is 44.5 Å². The van der Waals surface area contributed by atoms with E-state index >= 15 is 0 Å². The summed E-state index contributed by atoms with van der Waals surface area (Å²) >= 11 is 3.38. The van der Waals surface area contributed by atoms with Crippen molar-refractivity contribution in [2.75, 3.05) is 5.32 Å². The molecule has 1 N–H and O–H groups in total. The van der Waals surface area contributed by atoms with E-state index in [1.165, 1.54) is 5.56 Å². The smallest absolute Gasteiger partial charge is 0.266 e. The van der Waals surface area contributed by atoms with E-state index in [0.29, 0.717) is 12.2 Å². The van der Waals surface area contributed by atoms with Crippen LogP contribution in [0.2, 0.25) is 0 Å². The van der Waals surface area contributed by atoms with E-state index in [1.54, 1.807) is 18.2 Å². The number of carbonyl (C=O) groups excluding carboxylic acids is 1. The van der Waals surface area contributed by atoms with Crippen molar-refractivity contribution in [1.82, 2.24) is 4.57 Å². The first-order valence-electron chi connectivity index (χ1n) is 9.87. The second-order valence-electron chi connectivity index (χ2n) is 7.22. The fraction of sp³-hybridized carbons (Fsp3) is 0.0769. The van der Waals surface area contributed by atoms with Crippen molar-refractivity contribution in [3.05, 3.63) is 106 Å². The number of hydrogen-bond donors (Lipinski definition) is 1. The molecule has 1 aromatic heterocycles. The minimum absolute atomic E-state index is 0.0635. The predicted octanol–water partition coefficient (Wildman–Crippen LogP) is 6.31. The van der Waals surface area contributed by atoms with Crippen LogP contribution in [0.25, 0.3) is 17.0 Å². The average Bonchev–Trinajstić information content (AvgIpc) is 3.05. The molecule has 1 heterocycles. The number of fused-ring (bicyclic) bond motifs is 1. The van der Waals surface area contributed by atoms with Crippen LogP contribution in [0.5, 0.6) is 0 Å². The van der Waals surface area contributed by atoms with E-state index in [1.807, 2.05) is 55.5 Å². The molecule has 4 aromatic rings. The second kappa shape index (κ2) is 9.03. The molecule has 0 unspecified atom stereocenters. The Labute approximate surface area is 189 Å². The fourth-order valence-corrected chi connectivity index (χ4v) is 3.90. The molecule has 0 radical (unpaired) electrons. The summed E-state index contributed by atoms with van der Waals surface area (Å²) in [5.74, 6) is -0.427. The maximum absolute atomic E-state index is 12.8. The predicted molar refractivity (Wildman–Crippen MR) is 129 cm³/mol. The van der Waals surface area contributed by atoms with Crippen LogP contribution in [-0.4, -0.2) is 10.5 Å². The van der Waals surface area contributed by atoms with Gasteiger partial charge >= 0.3 is 0 Å². The number of rotatable bonds is 5. The summed E-state index contributed by atoms with van der Waals surface area (Å²) in [7, 11) is 0. The summed E-state index contributed by atoms with van der Waals surface area (Å²) in [5.41, 5.74) is 4.85. The minimum atomic E-state index is -0.427. The number of benzene rings is 3. The Morgan fingerprint density at radius 2 is 1.71 bits per heavy atom. The number of nitrogens with one attached hydrogen (secondary N) is 1. The zero-order valence-corrected chi connectivity index (χ0v) is 18.6. The molecule has 0 aliphatic rings. The van der Waals surface area contributed by atoms with Crippen LogP contribution in [0.4, 0.5) is 5.69 Å². The summed E-state index contributed by atoms with van der Waals surface area (Å²) in [5, 5.41) is 13.5. The number of anilines is 1. The molecule has 3 aromatic carbocycles. The average molecular weight is 470 g/mol. The van der Waals surface area contributed by atoms with Crippen LogP contribution in [0.1, 0.15) is 16.8 Å². The molecule has 0 aliphatic carbocycles. The molecule has 5 heteroatoms. The number of hydrogen-bond acceptors (Lipinski definition) is 2. The molecule has 31 heavy (non-hydrogen) atoms. The Balaban J connectivity index is 1.73. The largest absolute Gasteiger partial charge is 0.340 e. The second-order valence-corrected chi connectivity index (χ2v) is 8.13. The number of carbonyl (C=O) groups is 1. The highest BCUT2D eigenvalue weighted by atomic mass is 79.9. The summed E-state index contributed by atoms with van der Waals surface area (Å²) in [4.78, 5) is 12.8. The van der Waals surface area contributed by atoms with Gasteiger partial charge in [-0.3, -0.25) is 4.79 Å². The molecule has 152 valence electrons. The Morgan fingerprint density at radius 1 is 1.03 bits per heavy atom. The molecule has 0 fully saturated rings. The van der Waals surface area contributed by atoms with Crippen molar-refractivity contribution < 1.29 is 4.79 Å². The van der Waals surface area contributed by atoms with Crippen molar-refractivity contribution in [3.63, 3.8) is 0 Å². The summed E-state index contributed by atoms with van der Waals surface area (Å²) in [6.45, 7) is 2.74. The first kappa shape index (κ1) is 20.6. The van der Waals surface area contributed by atoms with E-state index in [2.05, 4.69) is 50.1 Å². The third-order valence-corrected chi connectivity index (χ3v) is 5.75. The number of nitrogens with zero attached hydrogens (tertiary/aromatic N) is 2. The Bertz CT molecular complexity index is 1310. The van der Waals surface area contributed by atoms with Crippen molar-refractivity contribution in [3.8, 4) is 6.07 Å². The zero-order chi connectivity index (χ0) is 21.8. The van der Waals surface area contributed by atoms with E-state index in [4.69, 9.17) is 0 Å². The standard InChI is InChI=1S/C26H20BrN3O/c1-18-24(15-20(16-28)26(31)29-22-13-11-21(27)12-14-22)23-9-5-6-10-25(23)30(18)17-19-7-3-2-4-8-19/h2-15H,17H2,1H3,(H,29,31)/b20-15-. The van der Waals surface area contributed by atoms with Crippen LogP contribution in [0, 0.1) is 18.3 Å². The lowest BCUT2D eigenvalue weighted by atomic mass is 10.1. The first-order valence-corrected chi connectivity index (χ1v) is 10.7. The number of amides is 1. The van der Waals surface area contributed by atoms with Crippen LogP contribution in [0.15, 0.2) is 88.9 Å². The first-order chi connectivity index (χ1) is 15.1. The molecule has 0 saturated carbocycles. The van der Waals surface area contributed by atoms with Gasteiger partial charge in [0.05, 0.1) is 0 Å². The molecular formula is C26H20BrN3O. The van der Waals surface area contributed by atoms with E-state index < -0.39 is 5.91 Å². The number of halogens is 1. The summed E-state index contributed by atoms with van der Waals surface area (Å²) in [6.07, 6.45) is 1.69. The van der Waals surface area contributed by atoms with Crippen molar-refractivity contribution in [1.29, 1.82) is 5.26 Å². The van der Waals surface area contributed by atoms with Gasteiger partial charge < -0.3 is 9.88 Å². The molecular weight excluding hydrogens is 450 g/mol. The molecule has 1 amide bonds. The van der Waals surface area contributed by atoms with Gasteiger partial charge in [0.1, 0.15) is 11.6 Å². The van der Waals surface area contributed by atoms with Gasteiger partial charge in [0.15, 0.2) is 0 Å². The number of para-hydroxylation sites is 1. The maximum atomic E-state index is 12.8. The molecule has 4 nitrogen and oxygen atoms in total. The van der Waals surface area contributed by atoms with Gasteiger partial charge in [-0.15, -0.1) is 0 Å². The van der Waals surface area contributed by atoms with Gasteiger partial charge in [0.25, 0.3) is 5.91 Å². The maximum Gasteiger partial charge on any atom is 0.266 e. The Hall–Kier alpha value is -3.62. The quantitative estimate of drug-likeness (QED) is 0.275. The van der Waals surface area contributed by atoms with Gasteiger partial charge in [0, 0.05) is 38.9 Å². The van der Waals surface area contributed by atoms with Gasteiger partial charge in [-0.1, -0.05) is 64.5 Å². The highest BCUT2D eigenvalue weighted by Gasteiger charge is 2.16. The van der Waals surface area contributed by atoms with Gasteiger partial charge in [0.2, 0.25) is 0 Å². The lowest BCUT2D eigenvalue weighted by molar-refractivity contribution is -0.112. The number of nitriles is 1. The summed E-state index contributed by atoms with van der Waals surface area (Å²) < 4.78 is 3.14. The molecule has 4 rings (SSSR count). The molecule has 0 saturated heterocycles. The lowest BCUT2D eigenvalue weighted by Crippen LogP contribution is -2.13. The van der Waals surface area contributed by atoms with E-state index in [9.17, 15) is 10.1 Å². The third-order valence-electron chi connectivity index (χ3n) is 5.22. The molecule has 0 spiro atoms. The van der Waals surface area contributed by atoms with E-state index in [-0.39, 0.29) is 5.57 Å². The summed E-state index contributed by atoms with van der Waals surface area (Å²) in [6, 6.07) is 27.6. The van der Waals surface area contributed by atoms with Crippen LogP contribution in [-0.2, 0) is 11.3 Å². The fourth-order valence-electron chi connectivity index (χ4n) is 3.63. The Kier molecular flexibility index (Phi) is 6.01. The molecule has 0 aliphatic heterocycles. The Morgan fingerprint density at radius 3 is 2.42 bits per heavy atom. The van der Waals surface area contributed by atoms with Gasteiger partial charge in [-0.2, -0.15) is 5.26 Å². The van der Waals surface area contributed by atoms with Crippen molar-refractivity contribution in [2.45, 2.75) is 13.5 Å². The minimum Gasteiger partial charge on any atom is -0.340 e. The van der Waals surface area contributed by atoms with Crippen LogP contribution in [0.3, 0.4) is 0 Å². The number of aromatic nitrogens is 1.